The summed E-state index contributed by atoms with van der Waals surface area (Å²) in [5.41, 5.74) is 1.25. The molecule has 1 aliphatic rings. The molecule has 0 fully saturated rings. The Morgan fingerprint density at radius 3 is 2.52 bits per heavy atom. The molecular weight excluding hydrogens is 429 g/mol. The number of methoxy groups -OCH3 is 2. The van der Waals surface area contributed by atoms with Crippen LogP contribution in [0.1, 0.15) is 29.7 Å². The van der Waals surface area contributed by atoms with E-state index < -0.39 is 11.7 Å². The number of hydrogen-bond acceptors (Lipinski definition) is 4. The van der Waals surface area contributed by atoms with E-state index in [9.17, 15) is 13.2 Å². The maximum absolute atomic E-state index is 13.1. The van der Waals surface area contributed by atoms with Gasteiger partial charge in [0.25, 0.3) is 0 Å². The van der Waals surface area contributed by atoms with E-state index in [-0.39, 0.29) is 18.4 Å². The largest absolute Gasteiger partial charge is 0.493 e. The van der Waals surface area contributed by atoms with Gasteiger partial charge in [-0.15, -0.1) is 0 Å². The first-order valence-corrected chi connectivity index (χ1v) is 10.3. The normalized spacial score (nSPS) is 15.8. The first kappa shape index (κ1) is 23.0. The molecule has 0 aromatic heterocycles. The molecule has 0 spiro atoms. The minimum absolute atomic E-state index is 0.120. The molecule has 0 aliphatic carbocycles. The lowest BCUT2D eigenvalue weighted by atomic mass is 9.92. The predicted molar refractivity (Wildman–Crippen MR) is 116 cm³/mol. The molecule has 0 unspecified atom stereocenters. The van der Waals surface area contributed by atoms with Crippen LogP contribution in [0.15, 0.2) is 36.4 Å². The van der Waals surface area contributed by atoms with Gasteiger partial charge in [0.2, 0.25) is 0 Å². The number of fused-ring (bicyclic) bond motifs is 1. The highest BCUT2D eigenvalue weighted by Gasteiger charge is 2.33. The second-order valence-electron chi connectivity index (χ2n) is 7.04. The van der Waals surface area contributed by atoms with Crippen LogP contribution in [0.5, 0.6) is 17.2 Å². The Balaban J connectivity index is 1.93. The summed E-state index contributed by atoms with van der Waals surface area (Å²) in [5.74, 6) is 1.35. The molecule has 31 heavy (non-hydrogen) atoms. The molecular formula is C22H25F3N2O3S. The number of benzene rings is 2. The van der Waals surface area contributed by atoms with E-state index in [0.29, 0.717) is 29.7 Å². The smallest absolute Gasteiger partial charge is 0.416 e. The van der Waals surface area contributed by atoms with E-state index >= 15 is 0 Å². The van der Waals surface area contributed by atoms with Crippen molar-refractivity contribution in [2.75, 3.05) is 33.9 Å². The van der Waals surface area contributed by atoms with Crippen LogP contribution in [0.2, 0.25) is 0 Å². The van der Waals surface area contributed by atoms with Crippen LogP contribution >= 0.6 is 12.2 Å². The van der Waals surface area contributed by atoms with Crippen LogP contribution in [-0.2, 0) is 12.6 Å². The molecule has 9 heteroatoms. The van der Waals surface area contributed by atoms with Crippen LogP contribution in [-0.4, -0.2) is 43.9 Å². The molecule has 1 atom stereocenters. The summed E-state index contributed by atoms with van der Waals surface area (Å²) in [6.07, 6.45) is -3.69. The van der Waals surface area contributed by atoms with Crippen molar-refractivity contribution in [1.29, 1.82) is 0 Å². The predicted octanol–water partition coefficient (Wildman–Crippen LogP) is 4.60. The van der Waals surface area contributed by atoms with Crippen LogP contribution in [0, 0.1) is 0 Å². The summed E-state index contributed by atoms with van der Waals surface area (Å²) in [5, 5.41) is 3.72. The number of nitrogens with one attached hydrogen (secondary N) is 1. The number of ether oxygens (including phenoxy) is 3. The molecule has 5 nitrogen and oxygen atoms in total. The average molecular weight is 455 g/mol. The maximum Gasteiger partial charge on any atom is 0.416 e. The van der Waals surface area contributed by atoms with Gasteiger partial charge in [0.1, 0.15) is 12.4 Å². The third-order valence-corrected chi connectivity index (χ3v) is 5.54. The van der Waals surface area contributed by atoms with Gasteiger partial charge in [0.05, 0.1) is 25.8 Å². The number of rotatable bonds is 6. The minimum Gasteiger partial charge on any atom is -0.493 e. The standard InChI is InChI=1S/C22H25F3N2O3S/c1-4-26-21(31)27-9-8-14-10-19(28-2)20(29-3)12-17(14)18(27)13-30-16-7-5-6-15(11-16)22(23,24)25/h5-7,10-12,18H,4,8-9,13H2,1-3H3,(H,26,31)/t18-/m0/s1. The van der Waals surface area contributed by atoms with E-state index in [1.807, 2.05) is 24.0 Å². The summed E-state index contributed by atoms with van der Waals surface area (Å²) >= 11 is 5.54. The average Bonchev–Trinajstić information content (AvgIpc) is 2.76. The van der Waals surface area contributed by atoms with E-state index in [4.69, 9.17) is 26.4 Å². The highest BCUT2D eigenvalue weighted by molar-refractivity contribution is 7.80. The summed E-state index contributed by atoms with van der Waals surface area (Å²) in [4.78, 5) is 2.00. The summed E-state index contributed by atoms with van der Waals surface area (Å²) < 4.78 is 55.8. The summed E-state index contributed by atoms with van der Waals surface area (Å²) in [6.45, 7) is 3.38. The van der Waals surface area contributed by atoms with Gasteiger partial charge in [0.15, 0.2) is 16.6 Å². The van der Waals surface area contributed by atoms with Crippen LogP contribution in [0.4, 0.5) is 13.2 Å². The van der Waals surface area contributed by atoms with Gasteiger partial charge in [-0.25, -0.2) is 0 Å². The van der Waals surface area contributed by atoms with Crippen molar-refractivity contribution in [3.63, 3.8) is 0 Å². The molecule has 2 aromatic rings. The van der Waals surface area contributed by atoms with Crippen LogP contribution < -0.4 is 19.5 Å². The highest BCUT2D eigenvalue weighted by Crippen LogP contribution is 2.39. The molecule has 3 rings (SSSR count). The number of alkyl halides is 3. The van der Waals surface area contributed by atoms with Crippen LogP contribution in [0.25, 0.3) is 0 Å². The van der Waals surface area contributed by atoms with Crippen molar-refractivity contribution in [2.24, 2.45) is 0 Å². The SMILES string of the molecule is CCNC(=S)N1CCc2cc(OC)c(OC)cc2[C@@H]1COc1cccc(C(F)(F)F)c1. The zero-order chi connectivity index (χ0) is 22.6. The molecule has 0 amide bonds. The second kappa shape index (κ2) is 9.64. The van der Waals surface area contributed by atoms with Crippen molar-refractivity contribution in [3.05, 3.63) is 53.1 Å². The molecule has 1 heterocycles. The number of halogens is 3. The molecule has 168 valence electrons. The molecule has 0 radical (unpaired) electrons. The molecule has 0 saturated heterocycles. The minimum atomic E-state index is -4.43. The monoisotopic (exact) mass is 454 g/mol. The first-order valence-electron chi connectivity index (χ1n) is 9.87. The molecule has 1 aliphatic heterocycles. The number of hydrogen-bond donors (Lipinski definition) is 1. The van der Waals surface area contributed by atoms with E-state index in [1.165, 1.54) is 12.1 Å². The van der Waals surface area contributed by atoms with Gasteiger partial charge in [-0.3, -0.25) is 0 Å². The fourth-order valence-electron chi connectivity index (χ4n) is 3.64. The van der Waals surface area contributed by atoms with E-state index in [2.05, 4.69) is 5.32 Å². The third kappa shape index (κ3) is 5.15. The van der Waals surface area contributed by atoms with Crippen molar-refractivity contribution in [3.8, 4) is 17.2 Å². The van der Waals surface area contributed by atoms with Crippen molar-refractivity contribution < 1.29 is 27.4 Å². The van der Waals surface area contributed by atoms with Gasteiger partial charge in [-0.05, 0) is 67.0 Å². The second-order valence-corrected chi connectivity index (χ2v) is 7.42. The van der Waals surface area contributed by atoms with Gasteiger partial charge >= 0.3 is 6.18 Å². The number of thiocarbonyl (C=S) groups is 1. The lowest BCUT2D eigenvalue weighted by molar-refractivity contribution is -0.137. The van der Waals surface area contributed by atoms with Crippen molar-refractivity contribution >= 4 is 17.3 Å². The Hall–Kier alpha value is -2.68. The molecule has 0 bridgehead atoms. The Bertz CT molecular complexity index is 937. The fraction of sp³-hybridized carbons (Fsp3) is 0.409. The lowest BCUT2D eigenvalue weighted by Crippen LogP contribution is -2.47. The molecule has 2 aromatic carbocycles. The van der Waals surface area contributed by atoms with Crippen molar-refractivity contribution in [2.45, 2.75) is 25.6 Å². The van der Waals surface area contributed by atoms with Gasteiger partial charge in [-0.1, -0.05) is 6.07 Å². The Morgan fingerprint density at radius 2 is 1.87 bits per heavy atom. The molecule has 0 saturated carbocycles. The Labute approximate surface area is 185 Å². The summed E-state index contributed by atoms with van der Waals surface area (Å²) in [6, 6.07) is 8.39. The van der Waals surface area contributed by atoms with Gasteiger partial charge in [-0.2, -0.15) is 13.2 Å². The first-order chi connectivity index (χ1) is 14.8. The van der Waals surface area contributed by atoms with E-state index in [1.54, 1.807) is 14.2 Å². The zero-order valence-electron chi connectivity index (χ0n) is 17.6. The fourth-order valence-corrected chi connectivity index (χ4v) is 4.00. The number of nitrogens with zero attached hydrogens (tertiary/aromatic N) is 1. The molecule has 1 N–H and O–H groups in total. The maximum atomic E-state index is 13.1. The third-order valence-electron chi connectivity index (χ3n) is 5.16. The lowest BCUT2D eigenvalue weighted by Gasteiger charge is -2.39. The Kier molecular flexibility index (Phi) is 7.15. The zero-order valence-corrected chi connectivity index (χ0v) is 18.4. The summed E-state index contributed by atoms with van der Waals surface area (Å²) in [7, 11) is 3.14. The van der Waals surface area contributed by atoms with E-state index in [0.717, 1.165) is 29.7 Å². The Morgan fingerprint density at radius 1 is 1.16 bits per heavy atom. The van der Waals surface area contributed by atoms with Gasteiger partial charge in [0, 0.05) is 13.1 Å². The topological polar surface area (TPSA) is 43.0 Å². The van der Waals surface area contributed by atoms with Crippen molar-refractivity contribution in [1.82, 2.24) is 10.2 Å². The van der Waals surface area contributed by atoms with Crippen LogP contribution in [0.3, 0.4) is 0 Å². The quantitative estimate of drug-likeness (QED) is 0.644. The van der Waals surface area contributed by atoms with Gasteiger partial charge < -0.3 is 24.4 Å². The highest BCUT2D eigenvalue weighted by atomic mass is 32.1.